The van der Waals surface area contributed by atoms with Crippen LogP contribution in [0.1, 0.15) is 0 Å². The Morgan fingerprint density at radius 2 is 0.957 bits per heavy atom. The molecular formula is C18H14N2O3. The van der Waals surface area contributed by atoms with Crippen molar-refractivity contribution < 1.29 is 10.2 Å². The highest BCUT2D eigenvalue weighted by atomic mass is 16.3. The van der Waals surface area contributed by atoms with E-state index in [1.54, 1.807) is 72.8 Å². The van der Waals surface area contributed by atoms with Crippen LogP contribution >= 0.6 is 0 Å². The number of benzene rings is 3. The molecule has 0 saturated heterocycles. The zero-order valence-electron chi connectivity index (χ0n) is 12.1. The average Bonchev–Trinajstić information content (AvgIpc) is 2.59. The Morgan fingerprint density at radius 3 is 1.30 bits per heavy atom. The van der Waals surface area contributed by atoms with Crippen LogP contribution in [0.4, 0.5) is 22.7 Å². The summed E-state index contributed by atoms with van der Waals surface area (Å²) in [6.45, 7) is 0. The summed E-state index contributed by atoms with van der Waals surface area (Å²) in [6, 6.07) is 20.4. The van der Waals surface area contributed by atoms with Gasteiger partial charge in [0, 0.05) is 17.1 Å². The summed E-state index contributed by atoms with van der Waals surface area (Å²) in [6.07, 6.45) is 0. The molecule has 2 N–H and O–H groups in total. The fraction of sp³-hybridized carbons (Fsp3) is 0. The zero-order valence-corrected chi connectivity index (χ0v) is 12.1. The molecule has 114 valence electrons. The van der Waals surface area contributed by atoms with E-state index in [1.807, 2.05) is 4.90 Å². The molecule has 3 rings (SSSR count). The molecule has 0 atom stereocenters. The minimum absolute atomic E-state index is 0.180. The summed E-state index contributed by atoms with van der Waals surface area (Å²) in [5.74, 6) is 0.361. The van der Waals surface area contributed by atoms with Crippen molar-refractivity contribution in [2.45, 2.75) is 0 Å². The molecule has 5 nitrogen and oxygen atoms in total. The highest BCUT2D eigenvalue weighted by Crippen LogP contribution is 2.36. The second kappa shape index (κ2) is 6.19. The average molecular weight is 306 g/mol. The van der Waals surface area contributed by atoms with Gasteiger partial charge in [0.05, 0.1) is 0 Å². The minimum atomic E-state index is 0.180. The number of anilines is 3. The van der Waals surface area contributed by atoms with Crippen molar-refractivity contribution in [2.75, 3.05) is 4.90 Å². The summed E-state index contributed by atoms with van der Waals surface area (Å²) < 4.78 is 0. The van der Waals surface area contributed by atoms with Crippen LogP contribution in [0.15, 0.2) is 78.0 Å². The van der Waals surface area contributed by atoms with Crippen molar-refractivity contribution in [3.8, 4) is 11.5 Å². The van der Waals surface area contributed by atoms with E-state index in [-0.39, 0.29) is 11.5 Å². The number of nitrogens with zero attached hydrogens (tertiary/aromatic N) is 2. The van der Waals surface area contributed by atoms with Gasteiger partial charge in [-0.3, -0.25) is 0 Å². The van der Waals surface area contributed by atoms with Crippen molar-refractivity contribution in [3.05, 3.63) is 77.7 Å². The summed E-state index contributed by atoms with van der Waals surface area (Å²) >= 11 is 0. The van der Waals surface area contributed by atoms with Gasteiger partial charge in [0.15, 0.2) is 0 Å². The molecule has 0 amide bonds. The third kappa shape index (κ3) is 3.13. The van der Waals surface area contributed by atoms with Gasteiger partial charge in [-0.15, -0.1) is 4.91 Å². The Labute approximate surface area is 133 Å². The molecule has 0 unspecified atom stereocenters. The van der Waals surface area contributed by atoms with Crippen LogP contribution in [0.25, 0.3) is 0 Å². The minimum Gasteiger partial charge on any atom is -0.508 e. The lowest BCUT2D eigenvalue weighted by molar-refractivity contribution is 0.475. The topological polar surface area (TPSA) is 73.1 Å². The maximum absolute atomic E-state index is 10.6. The van der Waals surface area contributed by atoms with Crippen molar-refractivity contribution in [1.82, 2.24) is 0 Å². The predicted octanol–water partition coefficient (Wildman–Crippen LogP) is 4.97. The molecule has 5 heteroatoms. The first-order chi connectivity index (χ1) is 11.2. The first-order valence-corrected chi connectivity index (χ1v) is 6.99. The van der Waals surface area contributed by atoms with Gasteiger partial charge in [-0.05, 0) is 78.0 Å². The molecule has 3 aromatic rings. The molecule has 0 aliphatic rings. The lowest BCUT2D eigenvalue weighted by atomic mass is 10.2. The zero-order chi connectivity index (χ0) is 16.2. The SMILES string of the molecule is O=Nc1ccc(N(c2ccc(O)cc2)c2ccc(O)cc2)cc1. The second-order valence-electron chi connectivity index (χ2n) is 4.98. The molecule has 0 aromatic heterocycles. The number of nitroso groups, excluding NO2 is 1. The van der Waals surface area contributed by atoms with E-state index in [1.165, 1.54) is 0 Å². The fourth-order valence-corrected chi connectivity index (χ4v) is 2.31. The summed E-state index contributed by atoms with van der Waals surface area (Å²) in [7, 11) is 0. The fourth-order valence-electron chi connectivity index (χ4n) is 2.31. The Morgan fingerprint density at radius 1 is 0.609 bits per heavy atom. The first kappa shape index (κ1) is 14.6. The van der Waals surface area contributed by atoms with Crippen LogP contribution in [0, 0.1) is 4.91 Å². The van der Waals surface area contributed by atoms with Crippen molar-refractivity contribution in [2.24, 2.45) is 5.18 Å². The van der Waals surface area contributed by atoms with Crippen LogP contribution < -0.4 is 4.90 Å². The monoisotopic (exact) mass is 306 g/mol. The largest absolute Gasteiger partial charge is 0.508 e. The van der Waals surface area contributed by atoms with E-state index in [0.29, 0.717) is 5.69 Å². The Bertz CT molecular complexity index is 752. The molecule has 0 spiro atoms. The van der Waals surface area contributed by atoms with E-state index in [4.69, 9.17) is 0 Å². The molecule has 0 heterocycles. The van der Waals surface area contributed by atoms with E-state index in [9.17, 15) is 15.1 Å². The van der Waals surface area contributed by atoms with E-state index < -0.39 is 0 Å². The number of rotatable bonds is 4. The van der Waals surface area contributed by atoms with E-state index in [0.717, 1.165) is 17.1 Å². The molecule has 0 bridgehead atoms. The molecule has 23 heavy (non-hydrogen) atoms. The molecule has 0 aliphatic carbocycles. The third-order valence-electron chi connectivity index (χ3n) is 3.43. The van der Waals surface area contributed by atoms with Crippen molar-refractivity contribution in [1.29, 1.82) is 0 Å². The number of phenolic OH excluding ortho intramolecular Hbond substituents is 2. The third-order valence-corrected chi connectivity index (χ3v) is 3.43. The van der Waals surface area contributed by atoms with Gasteiger partial charge in [0.25, 0.3) is 0 Å². The highest BCUT2D eigenvalue weighted by Gasteiger charge is 2.12. The van der Waals surface area contributed by atoms with Crippen LogP contribution in [0.5, 0.6) is 11.5 Å². The highest BCUT2D eigenvalue weighted by molar-refractivity contribution is 5.77. The van der Waals surface area contributed by atoms with Gasteiger partial charge in [0.2, 0.25) is 0 Å². The van der Waals surface area contributed by atoms with Crippen LogP contribution in [0.2, 0.25) is 0 Å². The van der Waals surface area contributed by atoms with Crippen LogP contribution in [0.3, 0.4) is 0 Å². The van der Waals surface area contributed by atoms with Crippen molar-refractivity contribution in [3.63, 3.8) is 0 Å². The van der Waals surface area contributed by atoms with Crippen LogP contribution in [-0.4, -0.2) is 10.2 Å². The van der Waals surface area contributed by atoms with Gasteiger partial charge in [0.1, 0.15) is 17.2 Å². The van der Waals surface area contributed by atoms with Gasteiger partial charge >= 0.3 is 0 Å². The van der Waals surface area contributed by atoms with E-state index in [2.05, 4.69) is 5.18 Å². The molecule has 0 radical (unpaired) electrons. The quantitative estimate of drug-likeness (QED) is 0.668. The normalized spacial score (nSPS) is 10.3. The van der Waals surface area contributed by atoms with Crippen LogP contribution in [-0.2, 0) is 0 Å². The predicted molar refractivity (Wildman–Crippen MR) is 89.9 cm³/mol. The number of aromatic hydroxyl groups is 2. The Hall–Kier alpha value is -3.34. The standard InChI is InChI=1S/C18H14N2O3/c21-17-9-5-15(6-10-17)20(16-7-11-18(22)12-8-16)14-3-1-13(19-23)2-4-14/h1-12,21-22H. The first-order valence-electron chi connectivity index (χ1n) is 6.99. The maximum Gasteiger partial charge on any atom is 0.115 e. The maximum atomic E-state index is 10.6. The summed E-state index contributed by atoms with van der Waals surface area (Å²) in [5, 5.41) is 21.9. The molecule has 0 fully saturated rings. The Kier molecular flexibility index (Phi) is 3.93. The molecular weight excluding hydrogens is 292 g/mol. The summed E-state index contributed by atoms with van der Waals surface area (Å²) in [5.41, 5.74) is 2.85. The van der Waals surface area contributed by atoms with Gasteiger partial charge in [-0.2, -0.15) is 0 Å². The van der Waals surface area contributed by atoms with E-state index >= 15 is 0 Å². The molecule has 0 aliphatic heterocycles. The van der Waals surface area contributed by atoms with Gasteiger partial charge < -0.3 is 15.1 Å². The van der Waals surface area contributed by atoms with Crippen molar-refractivity contribution >= 4 is 22.7 Å². The number of phenols is 2. The molecule has 0 saturated carbocycles. The Balaban J connectivity index is 2.10. The lowest BCUT2D eigenvalue weighted by Crippen LogP contribution is -2.09. The number of hydrogen-bond acceptors (Lipinski definition) is 5. The molecule has 3 aromatic carbocycles. The summed E-state index contributed by atoms with van der Waals surface area (Å²) in [4.78, 5) is 12.5. The lowest BCUT2D eigenvalue weighted by Gasteiger charge is -2.25. The van der Waals surface area contributed by atoms with Gasteiger partial charge in [-0.25, -0.2) is 0 Å². The van der Waals surface area contributed by atoms with Gasteiger partial charge in [-0.1, -0.05) is 0 Å². The number of hydrogen-bond donors (Lipinski definition) is 2. The smallest absolute Gasteiger partial charge is 0.115 e. The second-order valence-corrected chi connectivity index (χ2v) is 4.98.